The molecule has 0 bridgehead atoms. The number of ether oxygens (including phenoxy) is 2. The first-order valence-electron chi connectivity index (χ1n) is 6.22. The summed E-state index contributed by atoms with van der Waals surface area (Å²) < 4.78 is 25.3. The first-order chi connectivity index (χ1) is 8.89. The first-order valence-corrected chi connectivity index (χ1v) is 6.22. The molecule has 2 rings (SSSR count). The van der Waals surface area contributed by atoms with E-state index < -0.39 is 30.3 Å². The molecule has 0 amide bonds. The summed E-state index contributed by atoms with van der Waals surface area (Å²) in [5.41, 5.74) is -2.99. The van der Waals surface area contributed by atoms with Crippen LogP contribution in [0.25, 0.3) is 0 Å². The molecule has 2 N–H and O–H groups in total. The Bertz CT molecular complexity index is 419. The summed E-state index contributed by atoms with van der Waals surface area (Å²) in [4.78, 5) is 0. The van der Waals surface area contributed by atoms with Crippen LogP contribution in [0.1, 0.15) is 19.4 Å². The second kappa shape index (κ2) is 5.17. The van der Waals surface area contributed by atoms with Crippen molar-refractivity contribution in [1.82, 2.24) is 0 Å². The lowest BCUT2D eigenvalue weighted by Crippen LogP contribution is -2.53. The highest BCUT2D eigenvalue weighted by Crippen LogP contribution is 2.43. The van der Waals surface area contributed by atoms with E-state index in [1.807, 2.05) is 30.3 Å². The Hall–Kier alpha value is -1.01. The Morgan fingerprint density at radius 3 is 2.47 bits per heavy atom. The van der Waals surface area contributed by atoms with Crippen molar-refractivity contribution in [1.29, 1.82) is 0 Å². The number of halogens is 1. The SMILES string of the molecule is C[C@]1(F)C(OCc2ccccc2)O[C@H](CO)[C@]1(C)O. The molecule has 4 nitrogen and oxygen atoms in total. The maximum atomic E-state index is 14.6. The molecule has 1 fully saturated rings. The van der Waals surface area contributed by atoms with Crippen molar-refractivity contribution >= 4 is 0 Å². The van der Waals surface area contributed by atoms with Crippen molar-refractivity contribution in [3.05, 3.63) is 35.9 Å². The van der Waals surface area contributed by atoms with Crippen LogP contribution in [0.15, 0.2) is 30.3 Å². The molecule has 0 saturated carbocycles. The minimum Gasteiger partial charge on any atom is -0.394 e. The highest BCUT2D eigenvalue weighted by atomic mass is 19.1. The molecule has 1 aliphatic rings. The molecular formula is C14H19FO4. The maximum Gasteiger partial charge on any atom is 0.195 e. The molecule has 106 valence electrons. The predicted molar refractivity (Wildman–Crippen MR) is 67.1 cm³/mol. The first kappa shape index (κ1) is 14.4. The van der Waals surface area contributed by atoms with Gasteiger partial charge in [-0.3, -0.25) is 0 Å². The summed E-state index contributed by atoms with van der Waals surface area (Å²) >= 11 is 0. The van der Waals surface area contributed by atoms with Crippen LogP contribution in [-0.4, -0.2) is 40.5 Å². The molecule has 0 aromatic heterocycles. The smallest absolute Gasteiger partial charge is 0.195 e. The molecule has 1 aliphatic heterocycles. The maximum absolute atomic E-state index is 14.6. The van der Waals surface area contributed by atoms with Crippen LogP contribution in [0.4, 0.5) is 4.39 Å². The van der Waals surface area contributed by atoms with Crippen molar-refractivity contribution in [2.45, 2.75) is 44.1 Å². The number of aliphatic hydroxyl groups excluding tert-OH is 1. The average Bonchev–Trinajstić information content (AvgIpc) is 2.55. The van der Waals surface area contributed by atoms with E-state index in [4.69, 9.17) is 14.6 Å². The second-order valence-corrected chi connectivity index (χ2v) is 5.16. The largest absolute Gasteiger partial charge is 0.394 e. The van der Waals surface area contributed by atoms with Gasteiger partial charge >= 0.3 is 0 Å². The van der Waals surface area contributed by atoms with Crippen molar-refractivity contribution < 1.29 is 24.1 Å². The molecule has 1 aromatic carbocycles. The predicted octanol–water partition coefficient (Wildman–Crippen LogP) is 1.40. The number of hydrogen-bond acceptors (Lipinski definition) is 4. The van der Waals surface area contributed by atoms with E-state index in [1.165, 1.54) is 13.8 Å². The molecular weight excluding hydrogens is 251 g/mol. The number of aliphatic hydroxyl groups is 2. The standard InChI is InChI=1S/C14H19FO4/c1-13(15)12(19-11(8-16)14(13,2)17)18-9-10-6-4-3-5-7-10/h3-7,11-12,16-17H,8-9H2,1-2H3/t11-,12?,13+,14+/m1/s1. The van der Waals surface area contributed by atoms with Crippen LogP contribution in [0.3, 0.4) is 0 Å². The summed E-state index contributed by atoms with van der Waals surface area (Å²) in [6.07, 6.45) is -2.21. The average molecular weight is 270 g/mol. The zero-order chi connectivity index (χ0) is 14.1. The monoisotopic (exact) mass is 270 g/mol. The Labute approximate surface area is 111 Å². The van der Waals surface area contributed by atoms with Crippen molar-refractivity contribution in [3.63, 3.8) is 0 Å². The van der Waals surface area contributed by atoms with Gasteiger partial charge in [0.2, 0.25) is 0 Å². The van der Waals surface area contributed by atoms with E-state index in [-0.39, 0.29) is 6.61 Å². The Morgan fingerprint density at radius 1 is 1.32 bits per heavy atom. The molecule has 19 heavy (non-hydrogen) atoms. The van der Waals surface area contributed by atoms with Crippen LogP contribution in [0, 0.1) is 0 Å². The van der Waals surface area contributed by atoms with Gasteiger partial charge in [0, 0.05) is 0 Å². The Balaban J connectivity index is 2.05. The normalized spacial score (nSPS) is 38.6. The fourth-order valence-electron chi connectivity index (χ4n) is 2.13. The van der Waals surface area contributed by atoms with Crippen LogP contribution in [0.5, 0.6) is 0 Å². The van der Waals surface area contributed by atoms with Crippen molar-refractivity contribution in [2.75, 3.05) is 6.61 Å². The Kier molecular flexibility index (Phi) is 3.92. The minimum atomic E-state index is -2.09. The number of benzene rings is 1. The van der Waals surface area contributed by atoms with Gasteiger partial charge in [0.25, 0.3) is 0 Å². The molecule has 1 unspecified atom stereocenters. The summed E-state index contributed by atoms with van der Waals surface area (Å²) in [5.74, 6) is 0. The van der Waals surface area contributed by atoms with Crippen LogP contribution in [0.2, 0.25) is 0 Å². The quantitative estimate of drug-likeness (QED) is 0.868. The van der Waals surface area contributed by atoms with Gasteiger partial charge < -0.3 is 19.7 Å². The third-order valence-electron chi connectivity index (χ3n) is 3.76. The van der Waals surface area contributed by atoms with E-state index in [1.54, 1.807) is 0 Å². The third kappa shape index (κ3) is 2.51. The second-order valence-electron chi connectivity index (χ2n) is 5.16. The van der Waals surface area contributed by atoms with Gasteiger partial charge in [-0.05, 0) is 19.4 Å². The lowest BCUT2D eigenvalue weighted by Gasteiger charge is -2.32. The van der Waals surface area contributed by atoms with Gasteiger partial charge in [-0.15, -0.1) is 0 Å². The van der Waals surface area contributed by atoms with E-state index in [2.05, 4.69) is 0 Å². The van der Waals surface area contributed by atoms with E-state index >= 15 is 0 Å². The third-order valence-corrected chi connectivity index (χ3v) is 3.76. The highest BCUT2D eigenvalue weighted by Gasteiger charge is 2.62. The van der Waals surface area contributed by atoms with E-state index in [0.717, 1.165) is 5.56 Å². The summed E-state index contributed by atoms with van der Waals surface area (Å²) in [6, 6.07) is 9.30. The van der Waals surface area contributed by atoms with Gasteiger partial charge in [-0.1, -0.05) is 30.3 Å². The van der Waals surface area contributed by atoms with Crippen LogP contribution in [-0.2, 0) is 16.1 Å². The fourth-order valence-corrected chi connectivity index (χ4v) is 2.13. The van der Waals surface area contributed by atoms with Crippen molar-refractivity contribution in [3.8, 4) is 0 Å². The zero-order valence-corrected chi connectivity index (χ0v) is 11.0. The summed E-state index contributed by atoms with van der Waals surface area (Å²) in [5, 5.41) is 19.2. The molecule has 0 aliphatic carbocycles. The molecule has 0 radical (unpaired) electrons. The van der Waals surface area contributed by atoms with Gasteiger partial charge in [-0.25, -0.2) is 4.39 Å². The van der Waals surface area contributed by atoms with Gasteiger partial charge in [-0.2, -0.15) is 0 Å². The summed E-state index contributed by atoms with van der Waals surface area (Å²) in [6.45, 7) is 2.25. The highest BCUT2D eigenvalue weighted by molar-refractivity contribution is 5.14. The van der Waals surface area contributed by atoms with Crippen LogP contribution < -0.4 is 0 Å². The van der Waals surface area contributed by atoms with Crippen LogP contribution >= 0.6 is 0 Å². The van der Waals surface area contributed by atoms with Gasteiger partial charge in [0.05, 0.1) is 13.2 Å². The molecule has 0 spiro atoms. The van der Waals surface area contributed by atoms with Gasteiger partial charge in [0.15, 0.2) is 12.0 Å². The molecule has 1 heterocycles. The number of hydrogen-bond donors (Lipinski definition) is 2. The van der Waals surface area contributed by atoms with Crippen molar-refractivity contribution in [2.24, 2.45) is 0 Å². The number of alkyl halides is 1. The zero-order valence-electron chi connectivity index (χ0n) is 11.0. The van der Waals surface area contributed by atoms with E-state index in [0.29, 0.717) is 0 Å². The molecule has 1 aromatic rings. The summed E-state index contributed by atoms with van der Waals surface area (Å²) in [7, 11) is 0. The fraction of sp³-hybridized carbons (Fsp3) is 0.571. The Morgan fingerprint density at radius 2 is 1.95 bits per heavy atom. The molecule has 5 heteroatoms. The van der Waals surface area contributed by atoms with E-state index in [9.17, 15) is 9.50 Å². The molecule has 4 atom stereocenters. The minimum absolute atomic E-state index is 0.180. The number of rotatable bonds is 4. The lowest BCUT2D eigenvalue weighted by molar-refractivity contribution is -0.187. The lowest BCUT2D eigenvalue weighted by atomic mass is 9.85. The molecule has 1 saturated heterocycles. The topological polar surface area (TPSA) is 58.9 Å². The van der Waals surface area contributed by atoms with Gasteiger partial charge in [0.1, 0.15) is 11.7 Å².